The van der Waals surface area contributed by atoms with Crippen LogP contribution in [-0.2, 0) is 14.8 Å². The predicted molar refractivity (Wildman–Crippen MR) is 96.8 cm³/mol. The molecule has 2 fully saturated rings. The Hall–Kier alpha value is -1.64. The molecule has 1 saturated carbocycles. The number of esters is 1. The number of hydrogen-bond acceptors (Lipinski definition) is 6. The fourth-order valence-electron chi connectivity index (χ4n) is 3.22. The minimum Gasteiger partial charge on any atom is -0.496 e. The van der Waals surface area contributed by atoms with Crippen LogP contribution in [0.1, 0.15) is 36.0 Å². The molecule has 1 saturated heterocycles. The van der Waals surface area contributed by atoms with E-state index in [0.717, 1.165) is 25.3 Å². The van der Waals surface area contributed by atoms with Gasteiger partial charge in [-0.25, -0.2) is 13.2 Å². The van der Waals surface area contributed by atoms with Crippen LogP contribution >= 0.6 is 0 Å². The third-order valence-corrected chi connectivity index (χ3v) is 6.95. The van der Waals surface area contributed by atoms with Crippen molar-refractivity contribution in [3.8, 4) is 5.75 Å². The SMILES string of the molecule is COC(=O)c1cc(S(=O)(=O)N2CCC(NCC3CC3)CC2)ccc1OC. The Morgan fingerprint density at radius 2 is 1.88 bits per heavy atom. The Labute approximate surface area is 154 Å². The molecule has 1 heterocycles. The molecule has 0 spiro atoms. The molecule has 7 nitrogen and oxygen atoms in total. The normalized spacial score (nSPS) is 19.3. The largest absolute Gasteiger partial charge is 0.496 e. The average molecular weight is 382 g/mol. The summed E-state index contributed by atoms with van der Waals surface area (Å²) in [5.74, 6) is 0.480. The minimum atomic E-state index is -3.65. The molecular formula is C18H26N2O5S. The van der Waals surface area contributed by atoms with E-state index in [-0.39, 0.29) is 10.5 Å². The molecule has 0 aromatic heterocycles. The molecule has 1 aromatic carbocycles. The van der Waals surface area contributed by atoms with Gasteiger partial charge in [-0.15, -0.1) is 0 Å². The number of hydrogen-bond donors (Lipinski definition) is 1. The molecule has 0 unspecified atom stereocenters. The lowest BCUT2D eigenvalue weighted by Crippen LogP contribution is -2.45. The molecule has 0 atom stereocenters. The van der Waals surface area contributed by atoms with Gasteiger partial charge >= 0.3 is 5.97 Å². The number of rotatable bonds is 7. The molecule has 2 aliphatic rings. The highest BCUT2D eigenvalue weighted by Crippen LogP contribution is 2.29. The Morgan fingerprint density at radius 3 is 2.46 bits per heavy atom. The molecule has 0 amide bonds. The second-order valence-electron chi connectivity index (χ2n) is 6.88. The number of carbonyl (C=O) groups is 1. The molecule has 144 valence electrons. The van der Waals surface area contributed by atoms with Crippen molar-refractivity contribution in [2.24, 2.45) is 5.92 Å². The van der Waals surface area contributed by atoms with Gasteiger partial charge in [0.05, 0.1) is 19.1 Å². The first-order valence-corrected chi connectivity index (χ1v) is 10.4. The van der Waals surface area contributed by atoms with E-state index < -0.39 is 16.0 Å². The lowest BCUT2D eigenvalue weighted by Gasteiger charge is -2.32. The number of nitrogens with zero attached hydrogens (tertiary/aromatic N) is 1. The Bertz CT molecular complexity index is 753. The van der Waals surface area contributed by atoms with E-state index in [1.165, 1.54) is 49.6 Å². The highest BCUT2D eigenvalue weighted by molar-refractivity contribution is 7.89. The van der Waals surface area contributed by atoms with E-state index in [1.54, 1.807) is 0 Å². The first kappa shape index (κ1) is 19.1. The summed E-state index contributed by atoms with van der Waals surface area (Å²) in [6, 6.07) is 4.67. The van der Waals surface area contributed by atoms with Gasteiger partial charge in [-0.1, -0.05) is 0 Å². The van der Waals surface area contributed by atoms with E-state index in [1.807, 2.05) is 0 Å². The number of methoxy groups -OCH3 is 2. The average Bonchev–Trinajstić information content (AvgIpc) is 3.50. The number of carbonyl (C=O) groups excluding carboxylic acids is 1. The van der Waals surface area contributed by atoms with Gasteiger partial charge in [0.2, 0.25) is 10.0 Å². The van der Waals surface area contributed by atoms with Crippen LogP contribution in [0.2, 0.25) is 0 Å². The monoisotopic (exact) mass is 382 g/mol. The molecule has 1 aliphatic carbocycles. The number of ether oxygens (including phenoxy) is 2. The summed E-state index contributed by atoms with van der Waals surface area (Å²) in [5, 5.41) is 3.54. The molecule has 1 aromatic rings. The number of benzene rings is 1. The molecule has 1 aliphatic heterocycles. The zero-order valence-electron chi connectivity index (χ0n) is 15.2. The van der Waals surface area contributed by atoms with E-state index >= 15 is 0 Å². The van der Waals surface area contributed by atoms with Gasteiger partial charge in [0.25, 0.3) is 0 Å². The second-order valence-corrected chi connectivity index (χ2v) is 8.82. The third-order valence-electron chi connectivity index (χ3n) is 5.06. The van der Waals surface area contributed by atoms with Crippen LogP contribution in [0.25, 0.3) is 0 Å². The van der Waals surface area contributed by atoms with Crippen molar-refractivity contribution in [3.05, 3.63) is 23.8 Å². The third kappa shape index (κ3) is 4.19. The highest BCUT2D eigenvalue weighted by atomic mass is 32.2. The summed E-state index contributed by atoms with van der Waals surface area (Å²) in [6.07, 6.45) is 4.21. The Morgan fingerprint density at radius 1 is 1.19 bits per heavy atom. The summed E-state index contributed by atoms with van der Waals surface area (Å²) in [4.78, 5) is 12.0. The van der Waals surface area contributed by atoms with E-state index in [9.17, 15) is 13.2 Å². The van der Waals surface area contributed by atoms with Gasteiger partial charge in [-0.05, 0) is 56.3 Å². The Kier molecular flexibility index (Phi) is 5.84. The van der Waals surface area contributed by atoms with Crippen molar-refractivity contribution >= 4 is 16.0 Å². The van der Waals surface area contributed by atoms with Gasteiger partial charge in [-0.3, -0.25) is 0 Å². The number of nitrogens with one attached hydrogen (secondary N) is 1. The standard InChI is InChI=1S/C18H26N2O5S/c1-24-17-6-5-15(11-16(17)18(21)25-2)26(22,23)20-9-7-14(8-10-20)19-12-13-3-4-13/h5-6,11,13-14,19H,3-4,7-10,12H2,1-2H3. The van der Waals surface area contributed by atoms with Crippen LogP contribution in [0.5, 0.6) is 5.75 Å². The summed E-state index contributed by atoms with van der Waals surface area (Å²) in [5.41, 5.74) is 0.108. The lowest BCUT2D eigenvalue weighted by atomic mass is 10.1. The predicted octanol–water partition coefficient (Wildman–Crippen LogP) is 1.63. The van der Waals surface area contributed by atoms with Gasteiger partial charge in [0.1, 0.15) is 11.3 Å². The quantitative estimate of drug-likeness (QED) is 0.722. The first-order chi connectivity index (χ1) is 12.5. The van der Waals surface area contributed by atoms with Crippen molar-refractivity contribution in [1.82, 2.24) is 9.62 Å². The maximum Gasteiger partial charge on any atom is 0.341 e. The van der Waals surface area contributed by atoms with E-state index in [4.69, 9.17) is 9.47 Å². The molecular weight excluding hydrogens is 356 g/mol. The van der Waals surface area contributed by atoms with E-state index in [0.29, 0.717) is 24.9 Å². The lowest BCUT2D eigenvalue weighted by molar-refractivity contribution is 0.0597. The van der Waals surface area contributed by atoms with Crippen LogP contribution < -0.4 is 10.1 Å². The zero-order chi connectivity index (χ0) is 18.7. The van der Waals surface area contributed by atoms with Crippen molar-refractivity contribution in [2.75, 3.05) is 33.9 Å². The summed E-state index contributed by atoms with van der Waals surface area (Å²) in [7, 11) is -0.973. The van der Waals surface area contributed by atoms with Gasteiger partial charge in [0, 0.05) is 19.1 Å². The summed E-state index contributed by atoms with van der Waals surface area (Å²) in [6.45, 7) is 1.99. The van der Waals surface area contributed by atoms with Crippen LogP contribution in [-0.4, -0.2) is 58.6 Å². The van der Waals surface area contributed by atoms with Crippen molar-refractivity contribution in [3.63, 3.8) is 0 Å². The molecule has 0 bridgehead atoms. The number of sulfonamides is 1. The topological polar surface area (TPSA) is 84.9 Å². The molecule has 1 N–H and O–H groups in total. The van der Waals surface area contributed by atoms with Gasteiger partial charge in [0.15, 0.2) is 0 Å². The van der Waals surface area contributed by atoms with Crippen LogP contribution in [0.15, 0.2) is 23.1 Å². The maximum absolute atomic E-state index is 12.9. The zero-order valence-corrected chi connectivity index (χ0v) is 16.0. The molecule has 8 heteroatoms. The fraction of sp³-hybridized carbons (Fsp3) is 0.611. The molecule has 3 rings (SSSR count). The minimum absolute atomic E-state index is 0.0862. The first-order valence-electron chi connectivity index (χ1n) is 8.95. The van der Waals surface area contributed by atoms with E-state index in [2.05, 4.69) is 5.32 Å². The smallest absolute Gasteiger partial charge is 0.341 e. The Balaban J connectivity index is 1.70. The van der Waals surface area contributed by atoms with Crippen molar-refractivity contribution in [1.29, 1.82) is 0 Å². The van der Waals surface area contributed by atoms with Crippen molar-refractivity contribution < 1.29 is 22.7 Å². The van der Waals surface area contributed by atoms with Crippen LogP contribution in [0.4, 0.5) is 0 Å². The molecule has 0 radical (unpaired) electrons. The maximum atomic E-state index is 12.9. The number of piperidine rings is 1. The van der Waals surface area contributed by atoms with Crippen LogP contribution in [0.3, 0.4) is 0 Å². The summed E-state index contributed by atoms with van der Waals surface area (Å²) >= 11 is 0. The fourth-order valence-corrected chi connectivity index (χ4v) is 4.72. The summed E-state index contributed by atoms with van der Waals surface area (Å²) < 4.78 is 37.2. The second kappa shape index (κ2) is 7.94. The highest BCUT2D eigenvalue weighted by Gasteiger charge is 2.31. The van der Waals surface area contributed by atoms with Crippen LogP contribution in [0, 0.1) is 5.92 Å². The van der Waals surface area contributed by atoms with Crippen molar-refractivity contribution in [2.45, 2.75) is 36.6 Å². The molecule has 26 heavy (non-hydrogen) atoms. The van der Waals surface area contributed by atoms with Gasteiger partial charge < -0.3 is 14.8 Å². The van der Waals surface area contributed by atoms with Gasteiger partial charge in [-0.2, -0.15) is 4.31 Å².